The van der Waals surface area contributed by atoms with Crippen molar-refractivity contribution in [2.75, 3.05) is 6.61 Å². The first-order chi connectivity index (χ1) is 16.0. The molecule has 33 heavy (non-hydrogen) atoms. The summed E-state index contributed by atoms with van der Waals surface area (Å²) in [5, 5.41) is 5.91. The maximum Gasteiger partial charge on any atom is 0.268 e. The van der Waals surface area contributed by atoms with Gasteiger partial charge in [-0.1, -0.05) is 19.1 Å². The highest BCUT2D eigenvalue weighted by Crippen LogP contribution is 2.23. The van der Waals surface area contributed by atoms with Gasteiger partial charge in [0.1, 0.15) is 17.3 Å². The number of carbonyl (C=O) groups is 2. The third-order valence-corrected chi connectivity index (χ3v) is 5.71. The average molecular weight is 452 g/mol. The number of nitrogens with zero attached hydrogens (tertiary/aromatic N) is 3. The van der Waals surface area contributed by atoms with Crippen LogP contribution in [-0.2, 0) is 17.9 Å². The maximum absolute atomic E-state index is 13.2. The van der Waals surface area contributed by atoms with E-state index in [1.807, 2.05) is 18.4 Å². The van der Waals surface area contributed by atoms with Crippen LogP contribution in [0.5, 0.6) is 0 Å². The molecule has 3 heterocycles. The Labute approximate surface area is 191 Å². The van der Waals surface area contributed by atoms with Gasteiger partial charge in [0.15, 0.2) is 0 Å². The molecule has 3 aromatic rings. The molecule has 2 unspecified atom stereocenters. The largest absolute Gasteiger partial charge is 0.373 e. The quantitative estimate of drug-likeness (QED) is 0.574. The molecule has 0 saturated carbocycles. The van der Waals surface area contributed by atoms with Crippen LogP contribution in [0, 0.1) is 5.82 Å². The van der Waals surface area contributed by atoms with Gasteiger partial charge in [0, 0.05) is 18.9 Å². The molecule has 1 aliphatic rings. The molecular formula is C24H26FN5O3. The molecule has 2 aromatic heterocycles. The Morgan fingerprint density at radius 2 is 1.88 bits per heavy atom. The predicted octanol–water partition coefficient (Wildman–Crippen LogP) is 3.32. The van der Waals surface area contributed by atoms with Gasteiger partial charge in [-0.2, -0.15) is 0 Å². The van der Waals surface area contributed by atoms with Crippen LogP contribution in [-0.4, -0.2) is 33.0 Å². The molecule has 0 spiro atoms. The first-order valence-corrected chi connectivity index (χ1v) is 10.9. The molecule has 0 fully saturated rings. The Hall–Kier alpha value is -3.59. The summed E-state index contributed by atoms with van der Waals surface area (Å²) < 4.78 is 20.6. The van der Waals surface area contributed by atoms with Gasteiger partial charge >= 0.3 is 0 Å². The van der Waals surface area contributed by atoms with Crippen molar-refractivity contribution in [1.29, 1.82) is 0 Å². The van der Waals surface area contributed by atoms with E-state index in [1.54, 1.807) is 36.7 Å². The lowest BCUT2D eigenvalue weighted by molar-refractivity contribution is 0.0774. The molecule has 8 nitrogen and oxygen atoms in total. The van der Waals surface area contributed by atoms with Crippen molar-refractivity contribution >= 4 is 11.8 Å². The van der Waals surface area contributed by atoms with Crippen molar-refractivity contribution in [3.63, 3.8) is 0 Å². The highest BCUT2D eigenvalue weighted by molar-refractivity contribution is 6.01. The van der Waals surface area contributed by atoms with Gasteiger partial charge in [0.2, 0.25) is 0 Å². The maximum atomic E-state index is 13.2. The minimum Gasteiger partial charge on any atom is -0.373 e. The van der Waals surface area contributed by atoms with Crippen LogP contribution in [0.15, 0.2) is 48.8 Å². The van der Waals surface area contributed by atoms with Crippen LogP contribution in [0.1, 0.15) is 70.3 Å². The molecule has 2 atom stereocenters. The van der Waals surface area contributed by atoms with Crippen LogP contribution in [0.2, 0.25) is 0 Å². The molecule has 2 amide bonds. The molecule has 2 N–H and O–H groups in total. The molecule has 0 aliphatic carbocycles. The lowest BCUT2D eigenvalue weighted by Crippen LogP contribution is -2.31. The Balaban J connectivity index is 1.56. The number of aromatic nitrogens is 3. The minimum absolute atomic E-state index is 0.238. The van der Waals surface area contributed by atoms with E-state index < -0.39 is 0 Å². The molecule has 0 bridgehead atoms. The van der Waals surface area contributed by atoms with Gasteiger partial charge in [-0.3, -0.25) is 9.59 Å². The first-order valence-electron chi connectivity index (χ1n) is 10.9. The van der Waals surface area contributed by atoms with Crippen LogP contribution < -0.4 is 10.6 Å². The molecular weight excluding hydrogens is 425 g/mol. The molecule has 9 heteroatoms. The standard InChI is InChI=1S/C24H26FN5O3/c1-3-19(22-26-9-4-10-27-22)29-23(31)18-13-20(30-11-12-33-14-21(18)30)24(32)28-15(2)16-5-7-17(25)8-6-16/h4-10,13,15,19H,3,11-12,14H2,1-2H3,(H,28,32)(H,29,31). The summed E-state index contributed by atoms with van der Waals surface area (Å²) in [7, 11) is 0. The van der Waals surface area contributed by atoms with Gasteiger partial charge < -0.3 is 19.9 Å². The van der Waals surface area contributed by atoms with Gasteiger partial charge in [0.25, 0.3) is 11.8 Å². The van der Waals surface area contributed by atoms with Gasteiger partial charge in [-0.05, 0) is 43.2 Å². The summed E-state index contributed by atoms with van der Waals surface area (Å²) in [6.07, 6.45) is 3.89. The summed E-state index contributed by atoms with van der Waals surface area (Å²) in [4.78, 5) is 34.8. The molecule has 1 aliphatic heterocycles. The second-order valence-corrected chi connectivity index (χ2v) is 7.88. The van der Waals surface area contributed by atoms with Crippen molar-refractivity contribution < 1.29 is 18.7 Å². The monoisotopic (exact) mass is 451 g/mol. The summed E-state index contributed by atoms with van der Waals surface area (Å²) in [6.45, 7) is 4.92. The lowest BCUT2D eigenvalue weighted by Gasteiger charge is -2.21. The summed E-state index contributed by atoms with van der Waals surface area (Å²) in [6, 6.07) is 8.63. The number of halogens is 1. The lowest BCUT2D eigenvalue weighted by atomic mass is 10.1. The van der Waals surface area contributed by atoms with Crippen LogP contribution in [0.25, 0.3) is 0 Å². The first kappa shape index (κ1) is 22.6. The Morgan fingerprint density at radius 3 is 2.58 bits per heavy atom. The van der Waals surface area contributed by atoms with E-state index in [0.29, 0.717) is 42.3 Å². The second-order valence-electron chi connectivity index (χ2n) is 7.88. The fourth-order valence-electron chi connectivity index (χ4n) is 3.89. The summed E-state index contributed by atoms with van der Waals surface area (Å²) >= 11 is 0. The van der Waals surface area contributed by atoms with Gasteiger partial charge in [0.05, 0.1) is 36.6 Å². The topological polar surface area (TPSA) is 98.1 Å². The highest BCUT2D eigenvalue weighted by Gasteiger charge is 2.28. The molecule has 0 radical (unpaired) electrons. The van der Waals surface area contributed by atoms with E-state index in [9.17, 15) is 14.0 Å². The summed E-state index contributed by atoms with van der Waals surface area (Å²) in [5.74, 6) is -0.426. The van der Waals surface area contributed by atoms with Gasteiger partial charge in [-0.25, -0.2) is 14.4 Å². The smallest absolute Gasteiger partial charge is 0.268 e. The van der Waals surface area contributed by atoms with Crippen LogP contribution in [0.4, 0.5) is 4.39 Å². The second kappa shape index (κ2) is 9.91. The van der Waals surface area contributed by atoms with E-state index >= 15 is 0 Å². The number of fused-ring (bicyclic) bond motifs is 1. The van der Waals surface area contributed by atoms with E-state index in [2.05, 4.69) is 20.6 Å². The van der Waals surface area contributed by atoms with E-state index in [1.165, 1.54) is 12.1 Å². The average Bonchev–Trinajstić information content (AvgIpc) is 3.23. The van der Waals surface area contributed by atoms with Gasteiger partial charge in [-0.15, -0.1) is 0 Å². The molecule has 172 valence electrons. The Bertz CT molecular complexity index is 1130. The van der Waals surface area contributed by atoms with Crippen molar-refractivity contribution in [2.45, 2.75) is 45.5 Å². The number of carbonyl (C=O) groups excluding carboxylic acids is 2. The SMILES string of the molecule is CCC(NC(=O)c1cc(C(=O)NC(C)c2ccc(F)cc2)n2c1COCC2)c1ncccn1. The van der Waals surface area contributed by atoms with E-state index in [-0.39, 0.29) is 36.3 Å². The Kier molecular flexibility index (Phi) is 6.79. The zero-order chi connectivity index (χ0) is 23.4. The fraction of sp³-hybridized carbons (Fsp3) is 0.333. The zero-order valence-electron chi connectivity index (χ0n) is 18.5. The zero-order valence-corrected chi connectivity index (χ0v) is 18.5. The number of hydrogen-bond donors (Lipinski definition) is 2. The number of benzene rings is 1. The van der Waals surface area contributed by atoms with Crippen molar-refractivity contribution in [3.05, 3.63) is 82.9 Å². The fourth-order valence-corrected chi connectivity index (χ4v) is 3.89. The molecule has 4 rings (SSSR count). The Morgan fingerprint density at radius 1 is 1.15 bits per heavy atom. The number of ether oxygens (including phenoxy) is 1. The van der Waals surface area contributed by atoms with Crippen molar-refractivity contribution in [3.8, 4) is 0 Å². The minimum atomic E-state index is -0.352. The van der Waals surface area contributed by atoms with Crippen LogP contribution >= 0.6 is 0 Å². The number of amides is 2. The normalized spacial score (nSPS) is 14.8. The third-order valence-electron chi connectivity index (χ3n) is 5.71. The summed E-state index contributed by atoms with van der Waals surface area (Å²) in [5.41, 5.74) is 2.22. The predicted molar refractivity (Wildman–Crippen MR) is 119 cm³/mol. The number of hydrogen-bond acceptors (Lipinski definition) is 5. The number of nitrogens with one attached hydrogen (secondary N) is 2. The van der Waals surface area contributed by atoms with E-state index in [4.69, 9.17) is 4.74 Å². The van der Waals surface area contributed by atoms with E-state index in [0.717, 1.165) is 5.56 Å². The van der Waals surface area contributed by atoms with Crippen LogP contribution in [0.3, 0.4) is 0 Å². The van der Waals surface area contributed by atoms with Crippen molar-refractivity contribution in [2.24, 2.45) is 0 Å². The highest BCUT2D eigenvalue weighted by atomic mass is 19.1. The molecule has 1 aromatic carbocycles. The molecule has 0 saturated heterocycles. The number of rotatable bonds is 7. The third kappa shape index (κ3) is 4.93. The van der Waals surface area contributed by atoms with Crippen molar-refractivity contribution in [1.82, 2.24) is 25.2 Å².